The number of benzene rings is 1. The molecule has 0 fully saturated rings. The predicted molar refractivity (Wildman–Crippen MR) is 57.7 cm³/mol. The molecule has 1 aromatic carbocycles. The molecule has 16 heavy (non-hydrogen) atoms. The fourth-order valence-corrected chi connectivity index (χ4v) is 1.21. The molecule has 0 N–H and O–H groups in total. The normalized spacial score (nSPS) is 12.4. The summed E-state index contributed by atoms with van der Waals surface area (Å²) in [5.41, 5.74) is 0.893. The van der Waals surface area contributed by atoms with E-state index in [4.69, 9.17) is 0 Å². The van der Waals surface area contributed by atoms with E-state index in [9.17, 15) is 9.90 Å². The van der Waals surface area contributed by atoms with Crippen molar-refractivity contribution in [2.75, 3.05) is 0 Å². The van der Waals surface area contributed by atoms with Crippen molar-refractivity contribution < 1.29 is 39.5 Å². The number of aliphatic carboxylic acids is 1. The molecule has 0 radical (unpaired) electrons. The second kappa shape index (κ2) is 7.60. The zero-order chi connectivity index (χ0) is 11.3. The van der Waals surface area contributed by atoms with E-state index in [1.54, 1.807) is 6.21 Å². The molecular formula is C12H14NNaO2. The Morgan fingerprint density at radius 3 is 2.31 bits per heavy atom. The summed E-state index contributed by atoms with van der Waals surface area (Å²) in [7, 11) is 0. The first-order valence-electron chi connectivity index (χ1n) is 4.90. The van der Waals surface area contributed by atoms with Gasteiger partial charge >= 0.3 is 29.6 Å². The van der Waals surface area contributed by atoms with Crippen LogP contribution >= 0.6 is 0 Å². The Bertz CT molecular complexity index is 349. The molecule has 0 aromatic heterocycles. The first kappa shape index (κ1) is 15.4. The standard InChI is InChI=1S/C12H15NO2.Na/c1-9(2)11(12(14)15)13-8-10-6-4-3-5-7-10;/h3-9,11H,1-2H3,(H,14,15);/q;+1/p-1/t11-;/m0./s1. The maximum Gasteiger partial charge on any atom is 1.00 e. The van der Waals surface area contributed by atoms with E-state index in [1.807, 2.05) is 44.2 Å². The molecule has 1 aromatic rings. The minimum Gasteiger partial charge on any atom is -0.548 e. The molecular weight excluding hydrogens is 213 g/mol. The molecule has 0 amide bonds. The van der Waals surface area contributed by atoms with Crippen LogP contribution in [0.15, 0.2) is 35.3 Å². The van der Waals surface area contributed by atoms with Gasteiger partial charge in [-0.1, -0.05) is 44.2 Å². The summed E-state index contributed by atoms with van der Waals surface area (Å²) in [5.74, 6) is -1.19. The van der Waals surface area contributed by atoms with Crippen molar-refractivity contribution in [3.63, 3.8) is 0 Å². The van der Waals surface area contributed by atoms with E-state index < -0.39 is 12.0 Å². The Morgan fingerprint density at radius 1 is 1.31 bits per heavy atom. The number of carbonyl (C=O) groups excluding carboxylic acids is 1. The molecule has 0 bridgehead atoms. The van der Waals surface area contributed by atoms with Gasteiger partial charge in [0.25, 0.3) is 0 Å². The summed E-state index contributed by atoms with van der Waals surface area (Å²) in [6, 6.07) is 8.63. The van der Waals surface area contributed by atoms with Crippen LogP contribution in [0, 0.1) is 5.92 Å². The van der Waals surface area contributed by atoms with Crippen LogP contribution in [0.25, 0.3) is 0 Å². The van der Waals surface area contributed by atoms with Gasteiger partial charge in [-0.25, -0.2) is 0 Å². The Labute approximate surface area is 118 Å². The fourth-order valence-electron chi connectivity index (χ4n) is 1.21. The minimum atomic E-state index is -1.13. The second-order valence-corrected chi connectivity index (χ2v) is 3.70. The van der Waals surface area contributed by atoms with Crippen molar-refractivity contribution in [2.24, 2.45) is 10.9 Å². The van der Waals surface area contributed by atoms with Gasteiger partial charge in [-0.3, -0.25) is 4.99 Å². The summed E-state index contributed by atoms with van der Waals surface area (Å²) in [4.78, 5) is 14.7. The monoisotopic (exact) mass is 227 g/mol. The third kappa shape index (κ3) is 4.92. The summed E-state index contributed by atoms with van der Waals surface area (Å²) in [5, 5.41) is 10.7. The SMILES string of the molecule is CC(C)[C@H](N=Cc1ccccc1)C(=O)[O-].[Na+]. The first-order valence-corrected chi connectivity index (χ1v) is 4.90. The molecule has 0 saturated carbocycles. The topological polar surface area (TPSA) is 52.5 Å². The molecule has 0 aliphatic carbocycles. The van der Waals surface area contributed by atoms with Crippen molar-refractivity contribution in [1.82, 2.24) is 0 Å². The molecule has 4 heteroatoms. The van der Waals surface area contributed by atoms with Gasteiger partial charge in [0, 0.05) is 6.21 Å². The molecule has 0 saturated heterocycles. The molecule has 1 atom stereocenters. The van der Waals surface area contributed by atoms with Crippen molar-refractivity contribution in [3.05, 3.63) is 35.9 Å². The Kier molecular flexibility index (Phi) is 7.30. The number of carboxylic acid groups (broad SMARTS) is 1. The first-order chi connectivity index (χ1) is 7.11. The zero-order valence-corrected chi connectivity index (χ0v) is 11.9. The molecule has 0 aliphatic rings. The van der Waals surface area contributed by atoms with Crippen LogP contribution in [0.2, 0.25) is 0 Å². The van der Waals surface area contributed by atoms with Crippen LogP contribution in [0.3, 0.4) is 0 Å². The summed E-state index contributed by atoms with van der Waals surface area (Å²) < 4.78 is 0. The van der Waals surface area contributed by atoms with E-state index >= 15 is 0 Å². The van der Waals surface area contributed by atoms with Gasteiger partial charge < -0.3 is 9.90 Å². The number of hydrogen-bond acceptors (Lipinski definition) is 3. The zero-order valence-electron chi connectivity index (χ0n) is 9.88. The van der Waals surface area contributed by atoms with Gasteiger partial charge in [-0.2, -0.15) is 0 Å². The van der Waals surface area contributed by atoms with Crippen LogP contribution < -0.4 is 34.7 Å². The van der Waals surface area contributed by atoms with Crippen LogP contribution in [0.5, 0.6) is 0 Å². The van der Waals surface area contributed by atoms with Gasteiger partial charge in [0.1, 0.15) is 0 Å². The number of carbonyl (C=O) groups is 1. The summed E-state index contributed by atoms with van der Waals surface area (Å²) in [6.07, 6.45) is 1.57. The molecule has 0 unspecified atom stereocenters. The Hall–Kier alpha value is -0.640. The number of rotatable bonds is 4. The largest absolute Gasteiger partial charge is 1.00 e. The van der Waals surface area contributed by atoms with Gasteiger partial charge in [-0.05, 0) is 11.5 Å². The average Bonchev–Trinajstić information content (AvgIpc) is 2.18. The van der Waals surface area contributed by atoms with Crippen LogP contribution in [0.4, 0.5) is 0 Å². The number of carboxylic acids is 1. The molecule has 0 heterocycles. The van der Waals surface area contributed by atoms with E-state index in [2.05, 4.69) is 4.99 Å². The third-order valence-electron chi connectivity index (χ3n) is 2.06. The van der Waals surface area contributed by atoms with Crippen LogP contribution in [-0.4, -0.2) is 18.2 Å². The van der Waals surface area contributed by atoms with Crippen molar-refractivity contribution >= 4 is 12.2 Å². The second-order valence-electron chi connectivity index (χ2n) is 3.70. The number of nitrogens with zero attached hydrogens (tertiary/aromatic N) is 1. The maximum absolute atomic E-state index is 10.7. The number of aliphatic imine (C=N–C) groups is 1. The molecule has 1 rings (SSSR count). The Morgan fingerprint density at radius 2 is 1.88 bits per heavy atom. The van der Waals surface area contributed by atoms with Gasteiger partial charge in [0.15, 0.2) is 0 Å². The average molecular weight is 227 g/mol. The predicted octanol–water partition coefficient (Wildman–Crippen LogP) is -2.12. The van der Waals surface area contributed by atoms with Crippen molar-refractivity contribution in [3.8, 4) is 0 Å². The third-order valence-corrected chi connectivity index (χ3v) is 2.06. The van der Waals surface area contributed by atoms with Crippen LogP contribution in [-0.2, 0) is 4.79 Å². The smallest absolute Gasteiger partial charge is 0.548 e. The van der Waals surface area contributed by atoms with E-state index in [-0.39, 0.29) is 35.5 Å². The number of hydrogen-bond donors (Lipinski definition) is 0. The van der Waals surface area contributed by atoms with Crippen molar-refractivity contribution in [1.29, 1.82) is 0 Å². The molecule has 80 valence electrons. The fraction of sp³-hybridized carbons (Fsp3) is 0.333. The Balaban J connectivity index is 0.00000225. The van der Waals surface area contributed by atoms with Crippen LogP contribution in [0.1, 0.15) is 19.4 Å². The van der Waals surface area contributed by atoms with E-state index in [0.717, 1.165) is 5.56 Å². The summed E-state index contributed by atoms with van der Waals surface area (Å²) >= 11 is 0. The molecule has 0 aliphatic heterocycles. The quantitative estimate of drug-likeness (QED) is 0.436. The summed E-state index contributed by atoms with van der Waals surface area (Å²) in [6.45, 7) is 3.62. The molecule has 0 spiro atoms. The minimum absolute atomic E-state index is 0. The van der Waals surface area contributed by atoms with Crippen molar-refractivity contribution in [2.45, 2.75) is 19.9 Å². The van der Waals surface area contributed by atoms with Gasteiger partial charge in [0.05, 0.1) is 12.0 Å². The maximum atomic E-state index is 10.7. The molecule has 3 nitrogen and oxygen atoms in total. The van der Waals surface area contributed by atoms with Gasteiger partial charge in [0.2, 0.25) is 0 Å². The van der Waals surface area contributed by atoms with E-state index in [1.165, 1.54) is 0 Å². The van der Waals surface area contributed by atoms with Gasteiger partial charge in [-0.15, -0.1) is 0 Å². The van der Waals surface area contributed by atoms with E-state index in [0.29, 0.717) is 0 Å².